The van der Waals surface area contributed by atoms with Gasteiger partial charge in [0, 0.05) is 23.5 Å². The van der Waals surface area contributed by atoms with Gasteiger partial charge in [-0.25, -0.2) is 0 Å². The molecule has 0 aliphatic rings. The van der Waals surface area contributed by atoms with Crippen molar-refractivity contribution in [2.24, 2.45) is 0 Å². The van der Waals surface area contributed by atoms with Crippen LogP contribution in [0.2, 0.25) is 0 Å². The van der Waals surface area contributed by atoms with Crippen molar-refractivity contribution in [2.75, 3.05) is 5.32 Å². The van der Waals surface area contributed by atoms with E-state index in [9.17, 15) is 18.0 Å². The van der Waals surface area contributed by atoms with E-state index < -0.39 is 6.36 Å². The minimum absolute atomic E-state index is 0.172. The van der Waals surface area contributed by atoms with E-state index in [1.54, 1.807) is 12.1 Å². The first kappa shape index (κ1) is 16.6. The fraction of sp³-hybridized carbons (Fsp3) is 0.118. The highest BCUT2D eigenvalue weighted by Crippen LogP contribution is 2.23. The van der Waals surface area contributed by atoms with Gasteiger partial charge in [-0.05, 0) is 31.2 Å². The van der Waals surface area contributed by atoms with E-state index in [0.717, 1.165) is 5.56 Å². The van der Waals surface area contributed by atoms with Gasteiger partial charge in [-0.2, -0.15) is 0 Å². The maximum atomic E-state index is 12.0. The molecule has 120 valence electrons. The normalized spacial score (nSPS) is 11.5. The van der Waals surface area contributed by atoms with Crippen molar-refractivity contribution in [1.29, 1.82) is 0 Å². The van der Waals surface area contributed by atoms with Crippen LogP contribution in [0, 0.1) is 6.92 Å². The maximum absolute atomic E-state index is 12.0. The van der Waals surface area contributed by atoms with Gasteiger partial charge in [-0.15, -0.1) is 13.2 Å². The monoisotopic (exact) mass is 321 g/mol. The minimum Gasteiger partial charge on any atom is -0.406 e. The third-order valence-electron chi connectivity index (χ3n) is 2.91. The van der Waals surface area contributed by atoms with Crippen molar-refractivity contribution in [1.82, 2.24) is 0 Å². The molecule has 2 aromatic rings. The van der Waals surface area contributed by atoms with Crippen LogP contribution in [0.1, 0.15) is 15.9 Å². The second-order valence-corrected chi connectivity index (χ2v) is 4.78. The van der Waals surface area contributed by atoms with E-state index in [1.807, 2.05) is 19.1 Å². The number of ketones is 1. The zero-order valence-electron chi connectivity index (χ0n) is 12.2. The number of aryl methyl sites for hydroxylation is 1. The maximum Gasteiger partial charge on any atom is 0.573 e. The minimum atomic E-state index is -4.71. The zero-order chi connectivity index (χ0) is 16.9. The summed E-state index contributed by atoms with van der Waals surface area (Å²) >= 11 is 0. The summed E-state index contributed by atoms with van der Waals surface area (Å²) in [5, 5.41) is 2.81. The SMILES string of the molecule is Cc1ccc(C(=O)/C=C/Nc2ccc(OC(F)(F)F)cc2)cc1. The second kappa shape index (κ2) is 7.00. The Kier molecular flexibility index (Phi) is 5.05. The van der Waals surface area contributed by atoms with Crippen LogP contribution in [0.15, 0.2) is 60.8 Å². The summed E-state index contributed by atoms with van der Waals surface area (Å²) in [6.07, 6.45) is -1.93. The van der Waals surface area contributed by atoms with Gasteiger partial charge in [-0.3, -0.25) is 4.79 Å². The molecule has 0 atom stereocenters. The fourth-order valence-electron chi connectivity index (χ4n) is 1.78. The summed E-state index contributed by atoms with van der Waals surface area (Å²) in [7, 11) is 0. The predicted molar refractivity (Wildman–Crippen MR) is 81.4 cm³/mol. The Morgan fingerprint density at radius 1 is 1.04 bits per heavy atom. The number of allylic oxidation sites excluding steroid dienone is 1. The smallest absolute Gasteiger partial charge is 0.406 e. The zero-order valence-corrected chi connectivity index (χ0v) is 12.2. The molecule has 1 N–H and O–H groups in total. The van der Waals surface area contributed by atoms with E-state index in [1.165, 1.54) is 36.5 Å². The number of nitrogens with one attached hydrogen (secondary N) is 1. The Morgan fingerprint density at radius 3 is 2.22 bits per heavy atom. The van der Waals surface area contributed by atoms with Gasteiger partial charge in [0.05, 0.1) is 0 Å². The highest BCUT2D eigenvalue weighted by atomic mass is 19.4. The molecular formula is C17H14F3NO2. The summed E-state index contributed by atoms with van der Waals surface area (Å²) in [6, 6.07) is 12.3. The summed E-state index contributed by atoms with van der Waals surface area (Å²) in [5.74, 6) is -0.475. The number of anilines is 1. The number of carbonyl (C=O) groups is 1. The van der Waals surface area contributed by atoms with Crippen LogP contribution in [0.25, 0.3) is 0 Å². The first-order chi connectivity index (χ1) is 10.8. The summed E-state index contributed by atoms with van der Waals surface area (Å²) in [5.41, 5.74) is 2.15. The average molecular weight is 321 g/mol. The van der Waals surface area contributed by atoms with E-state index in [-0.39, 0.29) is 11.5 Å². The van der Waals surface area contributed by atoms with Gasteiger partial charge in [-0.1, -0.05) is 29.8 Å². The topological polar surface area (TPSA) is 38.3 Å². The lowest BCUT2D eigenvalue weighted by Crippen LogP contribution is -2.16. The van der Waals surface area contributed by atoms with Gasteiger partial charge in [0.2, 0.25) is 0 Å². The van der Waals surface area contributed by atoms with Crippen LogP contribution in [-0.4, -0.2) is 12.1 Å². The molecule has 0 aliphatic heterocycles. The lowest BCUT2D eigenvalue weighted by molar-refractivity contribution is -0.274. The lowest BCUT2D eigenvalue weighted by Gasteiger charge is -2.09. The molecule has 0 radical (unpaired) electrons. The highest BCUT2D eigenvalue weighted by Gasteiger charge is 2.30. The number of ether oxygens (including phenoxy) is 1. The Bertz CT molecular complexity index is 689. The number of alkyl halides is 3. The molecule has 2 rings (SSSR count). The van der Waals surface area contributed by atoms with Crippen LogP contribution in [0.3, 0.4) is 0 Å². The van der Waals surface area contributed by atoms with Crippen LogP contribution >= 0.6 is 0 Å². The Morgan fingerprint density at radius 2 is 1.65 bits per heavy atom. The van der Waals surface area contributed by atoms with Gasteiger partial charge in [0.15, 0.2) is 5.78 Å². The molecule has 0 aliphatic carbocycles. The Balaban J connectivity index is 1.92. The van der Waals surface area contributed by atoms with E-state index in [2.05, 4.69) is 10.1 Å². The summed E-state index contributed by atoms with van der Waals surface area (Å²) in [6.45, 7) is 1.93. The molecule has 0 amide bonds. The average Bonchev–Trinajstić information content (AvgIpc) is 2.48. The third-order valence-corrected chi connectivity index (χ3v) is 2.91. The van der Waals surface area contributed by atoms with Gasteiger partial charge in [0.1, 0.15) is 5.75 Å². The molecule has 0 bridgehead atoms. The lowest BCUT2D eigenvalue weighted by atomic mass is 10.1. The Hall–Kier alpha value is -2.76. The first-order valence-corrected chi connectivity index (χ1v) is 6.73. The van der Waals surface area contributed by atoms with E-state index in [4.69, 9.17) is 0 Å². The second-order valence-electron chi connectivity index (χ2n) is 4.78. The number of halogens is 3. The highest BCUT2D eigenvalue weighted by molar-refractivity contribution is 6.04. The standard InChI is InChI=1S/C17H14F3NO2/c1-12-2-4-13(5-3-12)16(22)10-11-21-14-6-8-15(9-7-14)23-17(18,19)20/h2-11,21H,1H3/b11-10+. The predicted octanol–water partition coefficient (Wildman–Crippen LogP) is 4.70. The van der Waals surface area contributed by atoms with E-state index >= 15 is 0 Å². The van der Waals surface area contributed by atoms with Gasteiger partial charge >= 0.3 is 6.36 Å². The van der Waals surface area contributed by atoms with Crippen LogP contribution in [-0.2, 0) is 0 Å². The largest absolute Gasteiger partial charge is 0.573 e. The molecule has 0 heterocycles. The van der Waals surface area contributed by atoms with Crippen molar-refractivity contribution in [3.63, 3.8) is 0 Å². The number of benzene rings is 2. The number of carbonyl (C=O) groups excluding carboxylic acids is 1. The van der Waals surface area contributed by atoms with Crippen LogP contribution < -0.4 is 10.1 Å². The van der Waals surface area contributed by atoms with Crippen LogP contribution in [0.4, 0.5) is 18.9 Å². The molecule has 3 nitrogen and oxygen atoms in total. The fourth-order valence-corrected chi connectivity index (χ4v) is 1.78. The summed E-state index contributed by atoms with van der Waals surface area (Å²) < 4.78 is 39.9. The van der Waals surface area contributed by atoms with Gasteiger partial charge in [0.25, 0.3) is 0 Å². The van der Waals surface area contributed by atoms with Crippen molar-refractivity contribution in [3.05, 3.63) is 71.9 Å². The molecular weight excluding hydrogens is 307 g/mol. The Labute approximate surface area is 131 Å². The van der Waals surface area contributed by atoms with Crippen molar-refractivity contribution >= 4 is 11.5 Å². The molecule has 6 heteroatoms. The molecule has 0 fully saturated rings. The van der Waals surface area contributed by atoms with Crippen molar-refractivity contribution in [2.45, 2.75) is 13.3 Å². The van der Waals surface area contributed by atoms with Gasteiger partial charge < -0.3 is 10.1 Å². The number of rotatable bonds is 5. The quantitative estimate of drug-likeness (QED) is 0.640. The van der Waals surface area contributed by atoms with Crippen molar-refractivity contribution < 1.29 is 22.7 Å². The first-order valence-electron chi connectivity index (χ1n) is 6.73. The molecule has 0 spiro atoms. The molecule has 0 aromatic heterocycles. The molecule has 23 heavy (non-hydrogen) atoms. The van der Waals surface area contributed by atoms with Crippen molar-refractivity contribution in [3.8, 4) is 5.75 Å². The van der Waals surface area contributed by atoms with E-state index in [0.29, 0.717) is 11.3 Å². The summed E-state index contributed by atoms with van der Waals surface area (Å²) in [4.78, 5) is 11.9. The molecule has 2 aromatic carbocycles. The number of hydrogen-bond acceptors (Lipinski definition) is 3. The van der Waals surface area contributed by atoms with Crippen LogP contribution in [0.5, 0.6) is 5.75 Å². The third kappa shape index (κ3) is 5.50. The molecule has 0 saturated heterocycles. The number of hydrogen-bond donors (Lipinski definition) is 1. The molecule has 0 saturated carbocycles. The molecule has 0 unspecified atom stereocenters.